The van der Waals surface area contributed by atoms with Gasteiger partial charge < -0.3 is 10.1 Å². The van der Waals surface area contributed by atoms with Crippen LogP contribution in [0.15, 0.2) is 42.6 Å². The highest BCUT2D eigenvalue weighted by Gasteiger charge is 2.16. The number of hydrogen-bond donors (Lipinski definition) is 1. The Morgan fingerprint density at radius 1 is 1.32 bits per heavy atom. The standard InChI is InChI=1S/C13H13N3O3/c1-14-9-10-4-6-11(7-5-10)19-13-12(16(17)18)3-2-8-15-13/h2-8,14H,9H2,1H3. The molecule has 0 radical (unpaired) electrons. The summed E-state index contributed by atoms with van der Waals surface area (Å²) in [5.41, 5.74) is 0.951. The molecule has 98 valence electrons. The molecule has 6 heteroatoms. The van der Waals surface area contributed by atoms with Crippen LogP contribution >= 0.6 is 0 Å². The molecule has 0 bridgehead atoms. The second-order valence-corrected chi connectivity index (χ2v) is 3.86. The number of hydrogen-bond acceptors (Lipinski definition) is 5. The Morgan fingerprint density at radius 2 is 2.05 bits per heavy atom. The van der Waals surface area contributed by atoms with E-state index >= 15 is 0 Å². The SMILES string of the molecule is CNCc1ccc(Oc2ncccc2[N+](=O)[O-])cc1. The first-order chi connectivity index (χ1) is 9.20. The number of nitrogens with one attached hydrogen (secondary N) is 1. The maximum Gasteiger partial charge on any atom is 0.331 e. The number of aromatic nitrogens is 1. The van der Waals surface area contributed by atoms with Gasteiger partial charge in [0.25, 0.3) is 5.88 Å². The lowest BCUT2D eigenvalue weighted by Gasteiger charge is -2.06. The van der Waals surface area contributed by atoms with Crippen LogP contribution in [-0.2, 0) is 6.54 Å². The molecule has 0 aliphatic rings. The Hall–Kier alpha value is -2.47. The molecule has 0 unspecified atom stereocenters. The molecule has 19 heavy (non-hydrogen) atoms. The van der Waals surface area contributed by atoms with Crippen molar-refractivity contribution in [3.05, 3.63) is 58.3 Å². The first-order valence-electron chi connectivity index (χ1n) is 5.71. The molecule has 0 atom stereocenters. The van der Waals surface area contributed by atoms with Crippen molar-refractivity contribution in [3.8, 4) is 11.6 Å². The molecule has 1 aromatic heterocycles. The van der Waals surface area contributed by atoms with E-state index in [1.807, 2.05) is 19.2 Å². The molecule has 1 aromatic carbocycles. The van der Waals surface area contributed by atoms with E-state index in [0.717, 1.165) is 12.1 Å². The Labute approximate surface area is 110 Å². The summed E-state index contributed by atoms with van der Waals surface area (Å²) in [4.78, 5) is 14.2. The van der Waals surface area contributed by atoms with Gasteiger partial charge in [-0.3, -0.25) is 10.1 Å². The van der Waals surface area contributed by atoms with Gasteiger partial charge in [0, 0.05) is 18.8 Å². The summed E-state index contributed by atoms with van der Waals surface area (Å²) >= 11 is 0. The summed E-state index contributed by atoms with van der Waals surface area (Å²) in [6.45, 7) is 0.754. The van der Waals surface area contributed by atoms with Gasteiger partial charge in [-0.05, 0) is 30.8 Å². The maximum absolute atomic E-state index is 10.8. The quantitative estimate of drug-likeness (QED) is 0.659. The molecule has 0 fully saturated rings. The van der Waals surface area contributed by atoms with Crippen LogP contribution in [0.25, 0.3) is 0 Å². The van der Waals surface area contributed by atoms with E-state index in [-0.39, 0.29) is 11.6 Å². The van der Waals surface area contributed by atoms with E-state index in [9.17, 15) is 10.1 Å². The molecule has 0 saturated carbocycles. The van der Waals surface area contributed by atoms with E-state index in [0.29, 0.717) is 5.75 Å². The van der Waals surface area contributed by atoms with Crippen LogP contribution in [0.2, 0.25) is 0 Å². The summed E-state index contributed by atoms with van der Waals surface area (Å²) in [5.74, 6) is 0.510. The third kappa shape index (κ3) is 3.26. The molecule has 0 spiro atoms. The monoisotopic (exact) mass is 259 g/mol. The van der Waals surface area contributed by atoms with Gasteiger partial charge in [-0.1, -0.05) is 12.1 Å². The second kappa shape index (κ2) is 5.92. The summed E-state index contributed by atoms with van der Waals surface area (Å²) < 4.78 is 5.43. The number of benzene rings is 1. The summed E-state index contributed by atoms with van der Waals surface area (Å²) in [6, 6.07) is 10.1. The fraction of sp³-hybridized carbons (Fsp3) is 0.154. The molecular formula is C13H13N3O3. The average molecular weight is 259 g/mol. The van der Waals surface area contributed by atoms with Crippen molar-refractivity contribution in [2.24, 2.45) is 0 Å². The van der Waals surface area contributed by atoms with Gasteiger partial charge in [0.1, 0.15) is 5.75 Å². The average Bonchev–Trinajstić information content (AvgIpc) is 2.42. The number of nitro groups is 1. The normalized spacial score (nSPS) is 10.2. The van der Waals surface area contributed by atoms with Crippen molar-refractivity contribution in [1.82, 2.24) is 10.3 Å². The van der Waals surface area contributed by atoms with E-state index < -0.39 is 4.92 Å². The highest BCUT2D eigenvalue weighted by Crippen LogP contribution is 2.28. The fourth-order valence-electron chi connectivity index (χ4n) is 1.59. The molecule has 1 N–H and O–H groups in total. The summed E-state index contributed by atoms with van der Waals surface area (Å²) in [7, 11) is 1.86. The van der Waals surface area contributed by atoms with Gasteiger partial charge >= 0.3 is 5.69 Å². The zero-order chi connectivity index (χ0) is 13.7. The van der Waals surface area contributed by atoms with E-state index in [2.05, 4.69) is 10.3 Å². The number of pyridine rings is 1. The van der Waals surface area contributed by atoms with Crippen LogP contribution in [0.1, 0.15) is 5.56 Å². The topological polar surface area (TPSA) is 77.3 Å². The molecule has 0 amide bonds. The molecular weight excluding hydrogens is 246 g/mol. The van der Waals surface area contributed by atoms with Crippen LogP contribution in [0.5, 0.6) is 11.6 Å². The lowest BCUT2D eigenvalue weighted by molar-refractivity contribution is -0.386. The molecule has 6 nitrogen and oxygen atoms in total. The predicted octanol–water partition coefficient (Wildman–Crippen LogP) is 2.50. The van der Waals surface area contributed by atoms with Crippen molar-refractivity contribution in [1.29, 1.82) is 0 Å². The van der Waals surface area contributed by atoms with Gasteiger partial charge in [-0.2, -0.15) is 0 Å². The summed E-state index contributed by atoms with van der Waals surface area (Å²) in [5, 5.41) is 13.9. The van der Waals surface area contributed by atoms with E-state index in [4.69, 9.17) is 4.74 Å². The Kier molecular flexibility index (Phi) is 4.04. The molecule has 0 saturated heterocycles. The minimum atomic E-state index is -0.516. The van der Waals surface area contributed by atoms with Crippen LogP contribution < -0.4 is 10.1 Å². The Balaban J connectivity index is 2.19. The Bertz CT molecular complexity index is 570. The largest absolute Gasteiger partial charge is 0.434 e. The van der Waals surface area contributed by atoms with Crippen molar-refractivity contribution < 1.29 is 9.66 Å². The Morgan fingerprint density at radius 3 is 2.68 bits per heavy atom. The highest BCUT2D eigenvalue weighted by molar-refractivity contribution is 5.42. The second-order valence-electron chi connectivity index (χ2n) is 3.86. The molecule has 1 heterocycles. The van der Waals surface area contributed by atoms with Crippen LogP contribution in [0, 0.1) is 10.1 Å². The third-order valence-corrected chi connectivity index (χ3v) is 2.47. The third-order valence-electron chi connectivity index (χ3n) is 2.47. The molecule has 2 aromatic rings. The van der Waals surface area contributed by atoms with Crippen molar-refractivity contribution in [3.63, 3.8) is 0 Å². The maximum atomic E-state index is 10.8. The summed E-state index contributed by atoms with van der Waals surface area (Å²) in [6.07, 6.45) is 1.46. The number of nitrogens with zero attached hydrogens (tertiary/aromatic N) is 2. The van der Waals surface area contributed by atoms with Gasteiger partial charge in [0.15, 0.2) is 0 Å². The molecule has 0 aliphatic heterocycles. The molecule has 0 aliphatic carbocycles. The minimum Gasteiger partial charge on any atom is -0.434 e. The zero-order valence-corrected chi connectivity index (χ0v) is 10.4. The van der Waals surface area contributed by atoms with Gasteiger partial charge in [-0.15, -0.1) is 0 Å². The minimum absolute atomic E-state index is 0.00568. The van der Waals surface area contributed by atoms with E-state index in [1.54, 1.807) is 12.1 Å². The van der Waals surface area contributed by atoms with Crippen molar-refractivity contribution >= 4 is 5.69 Å². The number of ether oxygens (including phenoxy) is 1. The van der Waals surface area contributed by atoms with Crippen molar-refractivity contribution in [2.45, 2.75) is 6.54 Å². The number of rotatable bonds is 5. The van der Waals surface area contributed by atoms with Crippen LogP contribution in [0.4, 0.5) is 5.69 Å². The fourth-order valence-corrected chi connectivity index (χ4v) is 1.59. The zero-order valence-electron chi connectivity index (χ0n) is 10.4. The molecule has 2 rings (SSSR count). The van der Waals surface area contributed by atoms with Crippen LogP contribution in [-0.4, -0.2) is 17.0 Å². The van der Waals surface area contributed by atoms with E-state index in [1.165, 1.54) is 18.3 Å². The highest BCUT2D eigenvalue weighted by atomic mass is 16.6. The van der Waals surface area contributed by atoms with Crippen LogP contribution in [0.3, 0.4) is 0 Å². The van der Waals surface area contributed by atoms with Gasteiger partial charge in [0.05, 0.1) is 4.92 Å². The van der Waals surface area contributed by atoms with Crippen molar-refractivity contribution in [2.75, 3.05) is 7.05 Å². The van der Waals surface area contributed by atoms with Gasteiger partial charge in [0.2, 0.25) is 0 Å². The predicted molar refractivity (Wildman–Crippen MR) is 70.2 cm³/mol. The van der Waals surface area contributed by atoms with Gasteiger partial charge in [-0.25, -0.2) is 4.98 Å². The lowest BCUT2D eigenvalue weighted by atomic mass is 10.2. The lowest BCUT2D eigenvalue weighted by Crippen LogP contribution is -2.04. The first-order valence-corrected chi connectivity index (χ1v) is 5.71. The smallest absolute Gasteiger partial charge is 0.331 e. The first kappa shape index (κ1) is 13.0.